The molecule has 1 saturated heterocycles. The van der Waals surface area contributed by atoms with Crippen molar-refractivity contribution < 1.29 is 22.7 Å². The molecule has 9 nitrogen and oxygen atoms in total. The van der Waals surface area contributed by atoms with E-state index < -0.39 is 28.0 Å². The van der Waals surface area contributed by atoms with Gasteiger partial charge in [-0.3, -0.25) is 4.68 Å². The van der Waals surface area contributed by atoms with Crippen LogP contribution >= 0.6 is 0 Å². The number of hydrogen-bond donors (Lipinski definition) is 2. The highest BCUT2D eigenvalue weighted by atomic mass is 32.2. The molecule has 1 fully saturated rings. The van der Waals surface area contributed by atoms with E-state index in [2.05, 4.69) is 15.7 Å². The van der Waals surface area contributed by atoms with Crippen LogP contribution in [-0.2, 0) is 32.3 Å². The van der Waals surface area contributed by atoms with E-state index in [0.29, 0.717) is 13.2 Å². The topological polar surface area (TPSA) is 112 Å². The number of rotatable bonds is 6. The standard InChI is InChI=1S/C16H26N4O5S/c1-24-7-6-20-8-11-4-3-5-12(15(11)19-20)17-16(21)18-13-9-26(22,23)10-14(13)25-2/h8,12-14H,3-7,9-10H2,1-2H3,(H2,17,18,21). The number of amides is 2. The average Bonchev–Trinajstić information content (AvgIpc) is 3.13. The second kappa shape index (κ2) is 7.93. The van der Waals surface area contributed by atoms with Crippen LogP contribution in [0.4, 0.5) is 4.79 Å². The highest BCUT2D eigenvalue weighted by molar-refractivity contribution is 7.91. The Bertz CT molecular complexity index is 748. The van der Waals surface area contributed by atoms with Gasteiger partial charge in [0.25, 0.3) is 0 Å². The molecule has 1 aliphatic heterocycles. The second-order valence-electron chi connectivity index (χ2n) is 6.82. The van der Waals surface area contributed by atoms with E-state index in [1.807, 2.05) is 10.9 Å². The van der Waals surface area contributed by atoms with Gasteiger partial charge in [0.1, 0.15) is 0 Å². The number of nitrogens with one attached hydrogen (secondary N) is 2. The van der Waals surface area contributed by atoms with Crippen LogP contribution in [0.5, 0.6) is 0 Å². The monoisotopic (exact) mass is 386 g/mol. The molecule has 3 rings (SSSR count). The normalized spacial score (nSPS) is 27.1. The third kappa shape index (κ3) is 4.36. The molecule has 10 heteroatoms. The Labute approximate surface area is 153 Å². The van der Waals surface area contributed by atoms with E-state index in [4.69, 9.17) is 9.47 Å². The fourth-order valence-corrected chi connectivity index (χ4v) is 5.44. The van der Waals surface area contributed by atoms with Crippen molar-refractivity contribution in [1.29, 1.82) is 0 Å². The smallest absolute Gasteiger partial charge is 0.315 e. The maximum absolute atomic E-state index is 12.4. The Balaban J connectivity index is 1.63. The summed E-state index contributed by atoms with van der Waals surface area (Å²) in [6, 6.07) is -1.10. The first-order valence-corrected chi connectivity index (χ1v) is 10.6. The van der Waals surface area contributed by atoms with Crippen LogP contribution in [0.25, 0.3) is 0 Å². The molecule has 3 atom stereocenters. The molecule has 146 valence electrons. The summed E-state index contributed by atoms with van der Waals surface area (Å²) in [6.45, 7) is 1.24. The van der Waals surface area contributed by atoms with E-state index >= 15 is 0 Å². The van der Waals surface area contributed by atoms with Crippen molar-refractivity contribution in [3.63, 3.8) is 0 Å². The van der Waals surface area contributed by atoms with Crippen molar-refractivity contribution in [2.24, 2.45) is 0 Å². The lowest BCUT2D eigenvalue weighted by atomic mass is 9.94. The maximum atomic E-state index is 12.4. The maximum Gasteiger partial charge on any atom is 0.315 e. The minimum absolute atomic E-state index is 0.0636. The molecule has 2 N–H and O–H groups in total. The van der Waals surface area contributed by atoms with Gasteiger partial charge >= 0.3 is 6.03 Å². The summed E-state index contributed by atoms with van der Waals surface area (Å²) < 4.78 is 35.6. The molecule has 1 aromatic heterocycles. The van der Waals surface area contributed by atoms with Crippen molar-refractivity contribution in [3.05, 3.63) is 17.5 Å². The molecular formula is C16H26N4O5S. The Morgan fingerprint density at radius 3 is 2.88 bits per heavy atom. The number of carbonyl (C=O) groups excluding carboxylic acids is 1. The predicted octanol–water partition coefficient (Wildman–Crippen LogP) is 0.0181. The van der Waals surface area contributed by atoms with Gasteiger partial charge in [0.2, 0.25) is 0 Å². The van der Waals surface area contributed by atoms with Crippen LogP contribution in [0.1, 0.15) is 30.1 Å². The van der Waals surface area contributed by atoms with Gasteiger partial charge in [-0.2, -0.15) is 5.10 Å². The number of nitrogens with zero attached hydrogens (tertiary/aromatic N) is 2. The van der Waals surface area contributed by atoms with Gasteiger partial charge < -0.3 is 20.1 Å². The first-order valence-electron chi connectivity index (χ1n) is 8.77. The number of methoxy groups -OCH3 is 2. The zero-order valence-corrected chi connectivity index (χ0v) is 15.9. The lowest BCUT2D eigenvalue weighted by Crippen LogP contribution is -2.49. The lowest BCUT2D eigenvalue weighted by molar-refractivity contribution is 0.101. The quantitative estimate of drug-likeness (QED) is 0.713. The SMILES string of the molecule is COCCn1cc2c(n1)C(NC(=O)NC1CS(=O)(=O)CC1OC)CCC2. The van der Waals surface area contributed by atoms with Gasteiger partial charge in [-0.25, -0.2) is 13.2 Å². The molecule has 2 heterocycles. The molecule has 0 spiro atoms. The third-order valence-electron chi connectivity index (χ3n) is 4.89. The van der Waals surface area contributed by atoms with Crippen molar-refractivity contribution in [1.82, 2.24) is 20.4 Å². The highest BCUT2D eigenvalue weighted by Gasteiger charge is 2.39. The third-order valence-corrected chi connectivity index (χ3v) is 6.59. The number of urea groups is 1. The number of sulfone groups is 1. The molecule has 26 heavy (non-hydrogen) atoms. The summed E-state index contributed by atoms with van der Waals surface area (Å²) in [5, 5.41) is 10.3. The minimum atomic E-state index is -3.18. The first-order chi connectivity index (χ1) is 12.4. The number of aryl methyl sites for hydroxylation is 1. The molecule has 0 saturated carbocycles. The fourth-order valence-electron chi connectivity index (χ4n) is 3.59. The van der Waals surface area contributed by atoms with Gasteiger partial charge in [-0.1, -0.05) is 0 Å². The zero-order valence-electron chi connectivity index (χ0n) is 15.1. The summed E-state index contributed by atoms with van der Waals surface area (Å²) in [5.41, 5.74) is 2.01. The lowest BCUT2D eigenvalue weighted by Gasteiger charge is -2.24. The Morgan fingerprint density at radius 2 is 2.15 bits per heavy atom. The van der Waals surface area contributed by atoms with Crippen molar-refractivity contribution in [3.8, 4) is 0 Å². The number of hydrogen-bond acceptors (Lipinski definition) is 6. The number of carbonyl (C=O) groups is 1. The molecule has 2 aliphatic rings. The Morgan fingerprint density at radius 1 is 1.35 bits per heavy atom. The van der Waals surface area contributed by atoms with Crippen LogP contribution in [0.3, 0.4) is 0 Å². The number of ether oxygens (including phenoxy) is 2. The molecular weight excluding hydrogens is 360 g/mol. The van der Waals surface area contributed by atoms with Gasteiger partial charge in [0, 0.05) is 20.4 Å². The molecule has 1 aliphatic carbocycles. The van der Waals surface area contributed by atoms with Gasteiger partial charge in [-0.05, 0) is 24.8 Å². The molecule has 0 radical (unpaired) electrons. The van der Waals surface area contributed by atoms with Crippen LogP contribution in [0, 0.1) is 0 Å². The summed E-state index contributed by atoms with van der Waals surface area (Å²) in [4.78, 5) is 12.4. The van der Waals surface area contributed by atoms with Crippen molar-refractivity contribution in [2.45, 2.75) is 44.0 Å². The van der Waals surface area contributed by atoms with Crippen LogP contribution in [0.2, 0.25) is 0 Å². The number of aromatic nitrogens is 2. The van der Waals surface area contributed by atoms with Gasteiger partial charge in [0.05, 0.1) is 48.5 Å². The molecule has 3 unspecified atom stereocenters. The van der Waals surface area contributed by atoms with Crippen molar-refractivity contribution in [2.75, 3.05) is 32.3 Å². The van der Waals surface area contributed by atoms with Gasteiger partial charge in [-0.15, -0.1) is 0 Å². The van der Waals surface area contributed by atoms with E-state index in [9.17, 15) is 13.2 Å². The largest absolute Gasteiger partial charge is 0.383 e. The van der Waals surface area contributed by atoms with E-state index in [1.165, 1.54) is 7.11 Å². The summed E-state index contributed by atoms with van der Waals surface area (Å²) >= 11 is 0. The Kier molecular flexibility index (Phi) is 5.83. The number of fused-ring (bicyclic) bond motifs is 1. The van der Waals surface area contributed by atoms with Crippen LogP contribution in [-0.4, -0.2) is 68.7 Å². The summed E-state index contributed by atoms with van der Waals surface area (Å²) in [7, 11) is -0.0807. The molecule has 2 amide bonds. The molecule has 0 aromatic carbocycles. The van der Waals surface area contributed by atoms with Crippen LogP contribution in [0.15, 0.2) is 6.20 Å². The highest BCUT2D eigenvalue weighted by Crippen LogP contribution is 2.28. The van der Waals surface area contributed by atoms with E-state index in [-0.39, 0.29) is 17.5 Å². The predicted molar refractivity (Wildman–Crippen MR) is 94.7 cm³/mol. The minimum Gasteiger partial charge on any atom is -0.383 e. The van der Waals surface area contributed by atoms with Crippen LogP contribution < -0.4 is 10.6 Å². The van der Waals surface area contributed by atoms with Gasteiger partial charge in [0.15, 0.2) is 9.84 Å². The second-order valence-corrected chi connectivity index (χ2v) is 8.97. The average molecular weight is 386 g/mol. The summed E-state index contributed by atoms with van der Waals surface area (Å²) in [5.74, 6) is -0.160. The molecule has 0 bridgehead atoms. The fraction of sp³-hybridized carbons (Fsp3) is 0.750. The van der Waals surface area contributed by atoms with E-state index in [1.54, 1.807) is 7.11 Å². The first kappa shape index (κ1) is 19.1. The zero-order chi connectivity index (χ0) is 18.7. The Hall–Kier alpha value is -1.65. The van der Waals surface area contributed by atoms with Crippen molar-refractivity contribution >= 4 is 15.9 Å². The summed E-state index contributed by atoms with van der Waals surface area (Å²) in [6.07, 6.45) is 4.20. The molecule has 1 aromatic rings. The van der Waals surface area contributed by atoms with E-state index in [0.717, 1.165) is 30.5 Å².